The number of nitrogens with one attached hydrogen (secondary N) is 2. The largest absolute Gasteiger partial charge is 0.468 e. The molecule has 0 unspecified atom stereocenters. The lowest BCUT2D eigenvalue weighted by Crippen LogP contribution is -2.40. The van der Waals surface area contributed by atoms with Gasteiger partial charge in [0.1, 0.15) is 0 Å². The Labute approximate surface area is 163 Å². The van der Waals surface area contributed by atoms with Crippen molar-refractivity contribution in [3.05, 3.63) is 23.9 Å². The topological polar surface area (TPSA) is 78.9 Å². The Morgan fingerprint density at radius 2 is 1.96 bits per heavy atom. The van der Waals surface area contributed by atoms with E-state index in [2.05, 4.69) is 20.6 Å². The van der Waals surface area contributed by atoms with Crippen LogP contribution in [0, 0.1) is 0 Å². The van der Waals surface area contributed by atoms with E-state index in [0.29, 0.717) is 44.1 Å². The van der Waals surface area contributed by atoms with Crippen LogP contribution in [0.4, 0.5) is 13.2 Å². The van der Waals surface area contributed by atoms with Crippen molar-refractivity contribution in [1.29, 1.82) is 0 Å². The van der Waals surface area contributed by atoms with Crippen molar-refractivity contribution in [2.24, 2.45) is 4.99 Å². The number of carbonyl (C=O) groups excluding carboxylic acids is 1. The number of ether oxygens (including phenoxy) is 1. The molecule has 1 aromatic rings. The molecule has 0 radical (unpaired) electrons. The molecular weight excluding hydrogens is 375 g/mol. The second-order valence-electron chi connectivity index (χ2n) is 5.81. The number of pyridine rings is 1. The molecule has 1 aromatic heterocycles. The number of carbonyl (C=O) groups is 1. The van der Waals surface area contributed by atoms with E-state index in [9.17, 15) is 18.0 Å². The lowest BCUT2D eigenvalue weighted by Gasteiger charge is -2.19. The van der Waals surface area contributed by atoms with Gasteiger partial charge < -0.3 is 20.3 Å². The van der Waals surface area contributed by atoms with E-state index < -0.39 is 12.8 Å². The summed E-state index contributed by atoms with van der Waals surface area (Å²) < 4.78 is 41.9. The average Bonchev–Trinajstić information content (AvgIpc) is 2.65. The number of amides is 1. The molecule has 2 N–H and O–H groups in total. The molecule has 0 saturated carbocycles. The minimum atomic E-state index is -4.44. The molecule has 7 nitrogen and oxygen atoms in total. The molecule has 0 aromatic carbocycles. The predicted molar refractivity (Wildman–Crippen MR) is 101 cm³/mol. The number of alkyl halides is 3. The fourth-order valence-corrected chi connectivity index (χ4v) is 2.35. The highest BCUT2D eigenvalue weighted by Crippen LogP contribution is 2.20. The second-order valence-corrected chi connectivity index (χ2v) is 5.81. The smallest absolute Gasteiger partial charge is 0.422 e. The van der Waals surface area contributed by atoms with Crippen LogP contribution in [0.15, 0.2) is 23.3 Å². The van der Waals surface area contributed by atoms with Crippen LogP contribution in [0.3, 0.4) is 0 Å². The van der Waals surface area contributed by atoms with Gasteiger partial charge in [-0.05, 0) is 26.8 Å². The van der Waals surface area contributed by atoms with Crippen LogP contribution in [0.5, 0.6) is 5.88 Å². The first kappa shape index (κ1) is 23.5. The van der Waals surface area contributed by atoms with Crippen LogP contribution in [-0.2, 0) is 11.3 Å². The molecule has 0 bridgehead atoms. The van der Waals surface area contributed by atoms with Gasteiger partial charge in [0.25, 0.3) is 0 Å². The molecule has 1 rings (SSSR count). The number of nitrogens with zero attached hydrogens (tertiary/aromatic N) is 3. The molecule has 158 valence electrons. The Balaban J connectivity index is 2.68. The van der Waals surface area contributed by atoms with E-state index in [1.165, 1.54) is 6.20 Å². The SMILES string of the molecule is CCNC(=NCc1cccnc1OCC(F)(F)F)NCCC(=O)N(CC)CC. The summed E-state index contributed by atoms with van der Waals surface area (Å²) in [6.07, 6.45) is -2.76. The quantitative estimate of drug-likeness (QED) is 0.463. The number of guanidine groups is 1. The van der Waals surface area contributed by atoms with Crippen molar-refractivity contribution < 1.29 is 22.7 Å². The van der Waals surface area contributed by atoms with E-state index in [4.69, 9.17) is 4.74 Å². The van der Waals surface area contributed by atoms with Gasteiger partial charge in [0, 0.05) is 44.4 Å². The number of hydrogen-bond acceptors (Lipinski definition) is 4. The first-order valence-corrected chi connectivity index (χ1v) is 9.24. The van der Waals surface area contributed by atoms with Crippen molar-refractivity contribution in [1.82, 2.24) is 20.5 Å². The van der Waals surface area contributed by atoms with E-state index in [-0.39, 0.29) is 18.3 Å². The summed E-state index contributed by atoms with van der Waals surface area (Å²) in [5.74, 6) is 0.403. The molecule has 10 heteroatoms. The van der Waals surface area contributed by atoms with Crippen molar-refractivity contribution >= 4 is 11.9 Å². The maximum absolute atomic E-state index is 12.4. The first-order chi connectivity index (χ1) is 13.3. The van der Waals surface area contributed by atoms with Crippen molar-refractivity contribution in [2.45, 2.75) is 39.9 Å². The maximum Gasteiger partial charge on any atom is 0.422 e. The van der Waals surface area contributed by atoms with Crippen LogP contribution >= 0.6 is 0 Å². The summed E-state index contributed by atoms with van der Waals surface area (Å²) in [4.78, 5) is 22.0. The van der Waals surface area contributed by atoms with E-state index in [1.54, 1.807) is 17.0 Å². The Hall–Kier alpha value is -2.52. The Morgan fingerprint density at radius 3 is 2.57 bits per heavy atom. The molecule has 0 fully saturated rings. The molecular formula is C18H28F3N5O2. The van der Waals surface area contributed by atoms with E-state index in [1.807, 2.05) is 20.8 Å². The number of aromatic nitrogens is 1. The zero-order valence-corrected chi connectivity index (χ0v) is 16.5. The third-order valence-corrected chi connectivity index (χ3v) is 3.72. The van der Waals surface area contributed by atoms with Crippen LogP contribution < -0.4 is 15.4 Å². The Kier molecular flexibility index (Phi) is 10.1. The highest BCUT2D eigenvalue weighted by molar-refractivity contribution is 5.81. The summed E-state index contributed by atoms with van der Waals surface area (Å²) in [7, 11) is 0. The van der Waals surface area contributed by atoms with Crippen molar-refractivity contribution in [2.75, 3.05) is 32.8 Å². The van der Waals surface area contributed by atoms with E-state index >= 15 is 0 Å². The zero-order chi connectivity index (χ0) is 21.0. The zero-order valence-electron chi connectivity index (χ0n) is 16.5. The molecule has 0 aliphatic carbocycles. The molecule has 0 saturated heterocycles. The third kappa shape index (κ3) is 8.92. The van der Waals surface area contributed by atoms with Crippen molar-refractivity contribution in [3.8, 4) is 5.88 Å². The lowest BCUT2D eigenvalue weighted by atomic mass is 10.3. The monoisotopic (exact) mass is 403 g/mol. The Morgan fingerprint density at radius 1 is 1.25 bits per heavy atom. The highest BCUT2D eigenvalue weighted by Gasteiger charge is 2.29. The highest BCUT2D eigenvalue weighted by atomic mass is 19.4. The molecule has 0 aliphatic rings. The maximum atomic E-state index is 12.4. The van der Waals surface area contributed by atoms with E-state index in [0.717, 1.165) is 0 Å². The summed E-state index contributed by atoms with van der Waals surface area (Å²) in [5, 5.41) is 6.08. The van der Waals surface area contributed by atoms with Gasteiger partial charge in [0.2, 0.25) is 11.8 Å². The summed E-state index contributed by atoms with van der Waals surface area (Å²) in [6.45, 7) is 6.72. The van der Waals surface area contributed by atoms with Gasteiger partial charge in [-0.3, -0.25) is 4.79 Å². The Bertz CT molecular complexity index is 634. The van der Waals surface area contributed by atoms with Crippen LogP contribution in [0.25, 0.3) is 0 Å². The van der Waals surface area contributed by atoms with Crippen molar-refractivity contribution in [3.63, 3.8) is 0 Å². The summed E-state index contributed by atoms with van der Waals surface area (Å²) >= 11 is 0. The minimum Gasteiger partial charge on any atom is -0.468 e. The number of rotatable bonds is 10. The van der Waals surface area contributed by atoms with Crippen LogP contribution in [0.2, 0.25) is 0 Å². The number of halogens is 3. The second kappa shape index (κ2) is 12.0. The van der Waals surface area contributed by atoms with Gasteiger partial charge in [0.15, 0.2) is 12.6 Å². The summed E-state index contributed by atoms with van der Waals surface area (Å²) in [5.41, 5.74) is 0.433. The van der Waals surface area contributed by atoms with Gasteiger partial charge in [-0.2, -0.15) is 13.2 Å². The molecule has 0 aliphatic heterocycles. The standard InChI is InChI=1S/C18H28F3N5O2/c1-4-22-17(24-11-9-15(27)26(5-2)6-3)25-12-14-8-7-10-23-16(14)28-13-18(19,20)21/h7-8,10H,4-6,9,11-13H2,1-3H3,(H2,22,24,25). The minimum absolute atomic E-state index is 0.0449. The van der Waals surface area contributed by atoms with Gasteiger partial charge in [-0.1, -0.05) is 6.07 Å². The van der Waals surface area contributed by atoms with Gasteiger partial charge in [-0.25, -0.2) is 9.98 Å². The molecule has 0 atom stereocenters. The predicted octanol–water partition coefficient (Wildman–Crippen LogP) is 2.34. The first-order valence-electron chi connectivity index (χ1n) is 9.24. The average molecular weight is 403 g/mol. The molecule has 0 spiro atoms. The van der Waals surface area contributed by atoms with Gasteiger partial charge >= 0.3 is 6.18 Å². The molecule has 28 heavy (non-hydrogen) atoms. The van der Waals surface area contributed by atoms with Crippen LogP contribution in [0.1, 0.15) is 32.8 Å². The third-order valence-electron chi connectivity index (χ3n) is 3.72. The van der Waals surface area contributed by atoms with Crippen LogP contribution in [-0.4, -0.2) is 60.7 Å². The fraction of sp³-hybridized carbons (Fsp3) is 0.611. The lowest BCUT2D eigenvalue weighted by molar-refractivity contribution is -0.154. The number of hydrogen-bond donors (Lipinski definition) is 2. The molecule has 1 heterocycles. The number of aliphatic imine (C=N–C) groups is 1. The van der Waals surface area contributed by atoms with Gasteiger partial charge in [0.05, 0.1) is 6.54 Å². The summed E-state index contributed by atoms with van der Waals surface area (Å²) in [6, 6.07) is 3.21. The fourth-order valence-electron chi connectivity index (χ4n) is 2.35. The van der Waals surface area contributed by atoms with Gasteiger partial charge in [-0.15, -0.1) is 0 Å². The molecule has 1 amide bonds. The normalized spacial score (nSPS) is 11.9.